The van der Waals surface area contributed by atoms with Gasteiger partial charge in [-0.2, -0.15) is 5.10 Å². The molecular weight excluding hydrogens is 184 g/mol. The first-order valence-corrected chi connectivity index (χ1v) is 3.58. The molecule has 1 rings (SSSR count). The van der Waals surface area contributed by atoms with E-state index in [1.807, 2.05) is 0 Å². The van der Waals surface area contributed by atoms with Gasteiger partial charge in [0, 0.05) is 11.8 Å². The van der Waals surface area contributed by atoms with Gasteiger partial charge in [-0.3, -0.25) is 4.84 Å². The standard InChI is InChI=1S/C5H7ClN4O2/c6-8-5-4(9-12)3-7-10(5)1-2-11/h3,8,11H,1-2H2. The first-order valence-electron chi connectivity index (χ1n) is 3.20. The molecule has 66 valence electrons. The van der Waals surface area contributed by atoms with Crippen LogP contribution in [0.4, 0.5) is 11.5 Å². The summed E-state index contributed by atoms with van der Waals surface area (Å²) in [6.45, 7) is 0.191. The molecule has 0 saturated heterocycles. The highest BCUT2D eigenvalue weighted by Gasteiger charge is 2.09. The molecule has 1 aromatic heterocycles. The Kier molecular flexibility index (Phi) is 3.01. The number of aliphatic hydroxyl groups excluding tert-OH is 1. The number of nitrogens with zero attached hydrogens (tertiary/aromatic N) is 3. The maximum Gasteiger partial charge on any atom is 0.171 e. The van der Waals surface area contributed by atoms with E-state index in [4.69, 9.17) is 16.9 Å². The van der Waals surface area contributed by atoms with Crippen molar-refractivity contribution in [3.8, 4) is 0 Å². The van der Waals surface area contributed by atoms with Gasteiger partial charge < -0.3 is 5.11 Å². The van der Waals surface area contributed by atoms with Crippen LogP contribution < -0.4 is 4.84 Å². The lowest BCUT2D eigenvalue weighted by atomic mass is 10.5. The fourth-order valence-corrected chi connectivity index (χ4v) is 0.998. The summed E-state index contributed by atoms with van der Waals surface area (Å²) in [7, 11) is 0. The van der Waals surface area contributed by atoms with Crippen LogP contribution in [0.15, 0.2) is 11.4 Å². The van der Waals surface area contributed by atoms with Gasteiger partial charge in [-0.1, -0.05) is 0 Å². The van der Waals surface area contributed by atoms with E-state index in [9.17, 15) is 4.91 Å². The number of rotatable bonds is 4. The quantitative estimate of drug-likeness (QED) is 0.545. The van der Waals surface area contributed by atoms with Crippen molar-refractivity contribution in [3.63, 3.8) is 0 Å². The van der Waals surface area contributed by atoms with E-state index in [-0.39, 0.29) is 18.8 Å². The van der Waals surface area contributed by atoms with E-state index in [0.717, 1.165) is 0 Å². The fourth-order valence-electron chi connectivity index (χ4n) is 0.804. The summed E-state index contributed by atoms with van der Waals surface area (Å²) >= 11 is 5.30. The maximum atomic E-state index is 10.1. The van der Waals surface area contributed by atoms with E-state index in [0.29, 0.717) is 5.82 Å². The SMILES string of the molecule is O=Nc1cnn(CCO)c1NCl. The summed E-state index contributed by atoms with van der Waals surface area (Å²) in [5.74, 6) is 0.292. The minimum atomic E-state index is -0.0778. The zero-order chi connectivity index (χ0) is 8.97. The third kappa shape index (κ3) is 1.54. The van der Waals surface area contributed by atoms with Crippen molar-refractivity contribution < 1.29 is 5.11 Å². The van der Waals surface area contributed by atoms with Gasteiger partial charge in [0.15, 0.2) is 11.5 Å². The first-order chi connectivity index (χ1) is 5.83. The van der Waals surface area contributed by atoms with E-state index in [1.165, 1.54) is 10.9 Å². The topological polar surface area (TPSA) is 79.5 Å². The number of nitrogens with one attached hydrogen (secondary N) is 1. The molecule has 1 aromatic rings. The molecule has 6 nitrogen and oxygen atoms in total. The highest BCUT2D eigenvalue weighted by Crippen LogP contribution is 2.24. The Balaban J connectivity index is 2.96. The number of aromatic nitrogens is 2. The Hall–Kier alpha value is -1.14. The minimum Gasteiger partial charge on any atom is -0.394 e. The Bertz CT molecular complexity index is 274. The monoisotopic (exact) mass is 190 g/mol. The smallest absolute Gasteiger partial charge is 0.171 e. The van der Waals surface area contributed by atoms with Gasteiger partial charge in [0.25, 0.3) is 0 Å². The molecule has 2 N–H and O–H groups in total. The van der Waals surface area contributed by atoms with Gasteiger partial charge in [-0.05, 0) is 5.18 Å². The number of aliphatic hydroxyl groups is 1. The lowest BCUT2D eigenvalue weighted by molar-refractivity contribution is 0.270. The van der Waals surface area contributed by atoms with Gasteiger partial charge in [-0.25, -0.2) is 4.68 Å². The molecule has 0 atom stereocenters. The van der Waals surface area contributed by atoms with Crippen LogP contribution in [0.2, 0.25) is 0 Å². The molecule has 0 spiro atoms. The van der Waals surface area contributed by atoms with Crippen LogP contribution in [0.1, 0.15) is 0 Å². The fraction of sp³-hybridized carbons (Fsp3) is 0.400. The largest absolute Gasteiger partial charge is 0.394 e. The predicted octanol–water partition coefficient (Wildman–Crippen LogP) is 0.839. The lowest BCUT2D eigenvalue weighted by Crippen LogP contribution is -2.05. The molecule has 0 aromatic carbocycles. The molecule has 0 aliphatic heterocycles. The van der Waals surface area contributed by atoms with E-state index < -0.39 is 0 Å². The van der Waals surface area contributed by atoms with Crippen LogP contribution >= 0.6 is 11.8 Å². The molecule has 0 bridgehead atoms. The van der Waals surface area contributed by atoms with Crippen molar-refractivity contribution in [3.05, 3.63) is 11.1 Å². The predicted molar refractivity (Wildman–Crippen MR) is 44.2 cm³/mol. The third-order valence-electron chi connectivity index (χ3n) is 1.32. The summed E-state index contributed by atoms with van der Waals surface area (Å²) < 4.78 is 1.35. The summed E-state index contributed by atoms with van der Waals surface area (Å²) in [6, 6.07) is 0. The van der Waals surface area contributed by atoms with Crippen molar-refractivity contribution in [2.24, 2.45) is 5.18 Å². The summed E-state index contributed by atoms with van der Waals surface area (Å²) in [5, 5.41) is 15.0. The molecule has 0 radical (unpaired) electrons. The van der Waals surface area contributed by atoms with Gasteiger partial charge >= 0.3 is 0 Å². The van der Waals surface area contributed by atoms with Crippen molar-refractivity contribution >= 4 is 23.3 Å². The minimum absolute atomic E-state index is 0.0778. The zero-order valence-electron chi connectivity index (χ0n) is 6.07. The third-order valence-corrected chi connectivity index (χ3v) is 1.50. The average Bonchev–Trinajstić information content (AvgIpc) is 2.47. The zero-order valence-corrected chi connectivity index (χ0v) is 6.82. The Morgan fingerprint density at radius 1 is 1.83 bits per heavy atom. The molecule has 0 unspecified atom stereocenters. The van der Waals surface area contributed by atoms with Crippen LogP contribution in [0.5, 0.6) is 0 Å². The van der Waals surface area contributed by atoms with Crippen molar-refractivity contribution in [1.82, 2.24) is 9.78 Å². The molecule has 0 aliphatic rings. The number of nitroso groups, excluding NO2 is 1. The molecular formula is C5H7ClN4O2. The molecule has 1 heterocycles. The second kappa shape index (κ2) is 4.03. The van der Waals surface area contributed by atoms with Crippen LogP contribution in [0, 0.1) is 4.91 Å². The number of halogens is 1. The Morgan fingerprint density at radius 3 is 3.08 bits per heavy atom. The molecule has 0 saturated carbocycles. The summed E-state index contributed by atoms with van der Waals surface area (Å²) in [6.07, 6.45) is 1.27. The summed E-state index contributed by atoms with van der Waals surface area (Å²) in [4.78, 5) is 12.4. The van der Waals surface area contributed by atoms with Crippen LogP contribution in [-0.4, -0.2) is 21.5 Å². The van der Waals surface area contributed by atoms with E-state index in [2.05, 4.69) is 15.1 Å². The van der Waals surface area contributed by atoms with Crippen LogP contribution in [0.25, 0.3) is 0 Å². The molecule has 0 fully saturated rings. The van der Waals surface area contributed by atoms with Crippen molar-refractivity contribution in [2.45, 2.75) is 6.54 Å². The van der Waals surface area contributed by atoms with E-state index in [1.54, 1.807) is 0 Å². The first kappa shape index (κ1) is 8.95. The lowest BCUT2D eigenvalue weighted by Gasteiger charge is -2.01. The van der Waals surface area contributed by atoms with Gasteiger partial charge in [0.05, 0.1) is 19.3 Å². The maximum absolute atomic E-state index is 10.1. The molecule has 0 amide bonds. The van der Waals surface area contributed by atoms with Gasteiger partial charge in [0.2, 0.25) is 0 Å². The second-order valence-corrected chi connectivity index (χ2v) is 2.20. The number of hydrogen-bond acceptors (Lipinski definition) is 5. The van der Waals surface area contributed by atoms with Crippen molar-refractivity contribution in [2.75, 3.05) is 11.4 Å². The normalized spacial score (nSPS) is 9.83. The second-order valence-electron chi connectivity index (χ2n) is 2.01. The van der Waals surface area contributed by atoms with Crippen molar-refractivity contribution in [1.29, 1.82) is 0 Å². The Labute approximate surface area is 73.2 Å². The molecule has 7 heteroatoms. The highest BCUT2D eigenvalue weighted by molar-refractivity contribution is 6.24. The average molecular weight is 191 g/mol. The highest BCUT2D eigenvalue weighted by atomic mass is 35.5. The van der Waals surface area contributed by atoms with Crippen LogP contribution in [-0.2, 0) is 6.54 Å². The van der Waals surface area contributed by atoms with E-state index >= 15 is 0 Å². The van der Waals surface area contributed by atoms with Gasteiger partial charge in [0.1, 0.15) is 0 Å². The van der Waals surface area contributed by atoms with Gasteiger partial charge in [-0.15, -0.1) is 4.91 Å². The molecule has 12 heavy (non-hydrogen) atoms. The molecule has 0 aliphatic carbocycles. The summed E-state index contributed by atoms with van der Waals surface area (Å²) in [5.41, 5.74) is 0.124. The Morgan fingerprint density at radius 2 is 2.58 bits per heavy atom. The number of hydrogen-bond donors (Lipinski definition) is 2. The number of anilines is 1. The van der Waals surface area contributed by atoms with Crippen LogP contribution in [0.3, 0.4) is 0 Å².